The van der Waals surface area contributed by atoms with Crippen LogP contribution in [0.2, 0.25) is 0 Å². The Bertz CT molecular complexity index is 401. The summed E-state index contributed by atoms with van der Waals surface area (Å²) in [6.45, 7) is 4.45. The molecular weight excluding hydrogens is 160 g/mol. The van der Waals surface area contributed by atoms with Gasteiger partial charge in [0.1, 0.15) is 0 Å². The van der Waals surface area contributed by atoms with Crippen molar-refractivity contribution in [3.05, 3.63) is 30.2 Å². The summed E-state index contributed by atoms with van der Waals surface area (Å²) in [6.07, 6.45) is 6.91. The molecule has 2 aromatic rings. The van der Waals surface area contributed by atoms with E-state index in [1.165, 1.54) is 16.5 Å². The molecule has 2 aromatic heterocycles. The van der Waals surface area contributed by atoms with Gasteiger partial charge in [-0.3, -0.25) is 4.98 Å². The highest BCUT2D eigenvalue weighted by molar-refractivity contribution is 5.81. The van der Waals surface area contributed by atoms with E-state index >= 15 is 0 Å². The molecule has 1 N–H and O–H groups in total. The number of aromatic amines is 1. The number of pyridine rings is 1. The Morgan fingerprint density at radius 3 is 3.00 bits per heavy atom. The highest BCUT2D eigenvalue weighted by atomic mass is 14.7. The van der Waals surface area contributed by atoms with Crippen molar-refractivity contribution in [3.8, 4) is 0 Å². The van der Waals surface area contributed by atoms with E-state index in [2.05, 4.69) is 29.9 Å². The Morgan fingerprint density at radius 1 is 1.38 bits per heavy atom. The minimum atomic E-state index is 0.677. The Labute approximate surface area is 78.0 Å². The highest BCUT2D eigenvalue weighted by Gasteiger charge is 2.03. The summed E-state index contributed by atoms with van der Waals surface area (Å²) in [4.78, 5) is 7.47. The van der Waals surface area contributed by atoms with Crippen molar-refractivity contribution in [1.82, 2.24) is 9.97 Å². The number of rotatable bonds is 2. The van der Waals surface area contributed by atoms with Gasteiger partial charge in [0, 0.05) is 24.0 Å². The maximum absolute atomic E-state index is 4.22. The molecule has 0 aliphatic carbocycles. The molecule has 13 heavy (non-hydrogen) atoms. The fourth-order valence-electron chi connectivity index (χ4n) is 1.63. The Hall–Kier alpha value is -1.31. The van der Waals surface area contributed by atoms with E-state index in [0.29, 0.717) is 5.92 Å². The second-order valence-corrected chi connectivity index (χ2v) is 3.84. The Balaban J connectivity index is 2.48. The van der Waals surface area contributed by atoms with Crippen LogP contribution in [-0.2, 0) is 6.42 Å². The molecule has 0 unspecified atom stereocenters. The van der Waals surface area contributed by atoms with Gasteiger partial charge in [0.2, 0.25) is 0 Å². The number of H-pyrrole nitrogens is 1. The zero-order valence-electron chi connectivity index (χ0n) is 8.04. The maximum Gasteiger partial charge on any atom is 0.0517 e. The van der Waals surface area contributed by atoms with Gasteiger partial charge in [0.05, 0.1) is 5.52 Å². The zero-order chi connectivity index (χ0) is 9.26. The molecule has 0 amide bonds. The summed E-state index contributed by atoms with van der Waals surface area (Å²) in [5.74, 6) is 0.677. The normalized spacial score (nSPS) is 11.3. The monoisotopic (exact) mass is 174 g/mol. The molecule has 0 saturated carbocycles. The number of aromatic nitrogens is 2. The molecular formula is C11H14N2. The van der Waals surface area contributed by atoms with Crippen molar-refractivity contribution in [2.45, 2.75) is 20.3 Å². The van der Waals surface area contributed by atoms with Crippen LogP contribution in [0, 0.1) is 5.92 Å². The van der Waals surface area contributed by atoms with Crippen LogP contribution in [0.3, 0.4) is 0 Å². The Kier molecular flexibility index (Phi) is 2.05. The molecule has 68 valence electrons. The van der Waals surface area contributed by atoms with Crippen LogP contribution in [0.5, 0.6) is 0 Å². The summed E-state index contributed by atoms with van der Waals surface area (Å²) in [7, 11) is 0. The number of fused-ring (bicyclic) bond motifs is 1. The van der Waals surface area contributed by atoms with Crippen molar-refractivity contribution < 1.29 is 0 Å². The molecule has 0 atom stereocenters. The van der Waals surface area contributed by atoms with Gasteiger partial charge in [0.15, 0.2) is 0 Å². The smallest absolute Gasteiger partial charge is 0.0517 e. The van der Waals surface area contributed by atoms with Crippen LogP contribution in [0.4, 0.5) is 0 Å². The number of nitrogens with one attached hydrogen (secondary N) is 1. The molecule has 0 radical (unpaired) electrons. The van der Waals surface area contributed by atoms with E-state index in [0.717, 1.165) is 6.42 Å². The first-order valence-electron chi connectivity index (χ1n) is 4.67. The molecule has 0 bridgehead atoms. The van der Waals surface area contributed by atoms with Gasteiger partial charge >= 0.3 is 0 Å². The van der Waals surface area contributed by atoms with Gasteiger partial charge < -0.3 is 4.98 Å². The van der Waals surface area contributed by atoms with Crippen molar-refractivity contribution >= 4 is 10.9 Å². The second-order valence-electron chi connectivity index (χ2n) is 3.84. The van der Waals surface area contributed by atoms with E-state index in [1.807, 2.05) is 18.6 Å². The van der Waals surface area contributed by atoms with E-state index in [4.69, 9.17) is 0 Å². The van der Waals surface area contributed by atoms with Crippen LogP contribution in [-0.4, -0.2) is 9.97 Å². The van der Waals surface area contributed by atoms with E-state index in [9.17, 15) is 0 Å². The lowest BCUT2D eigenvalue weighted by atomic mass is 10.0. The lowest BCUT2D eigenvalue weighted by Gasteiger charge is -2.05. The van der Waals surface area contributed by atoms with Crippen molar-refractivity contribution in [2.24, 2.45) is 5.92 Å². The summed E-state index contributed by atoms with van der Waals surface area (Å²) in [5, 5.41) is 1.21. The van der Waals surface area contributed by atoms with Gasteiger partial charge in [0.25, 0.3) is 0 Å². The predicted octanol–water partition coefficient (Wildman–Crippen LogP) is 2.76. The third-order valence-corrected chi connectivity index (χ3v) is 2.17. The first-order valence-corrected chi connectivity index (χ1v) is 4.67. The van der Waals surface area contributed by atoms with Crippen molar-refractivity contribution in [1.29, 1.82) is 0 Å². The standard InChI is InChI=1S/C11H14N2/c1-8(2)5-10-7-12-6-9-3-4-13-11(9)10/h3-4,6-8,13H,5H2,1-2H3. The molecule has 0 saturated heterocycles. The molecule has 0 aliphatic heterocycles. The van der Waals surface area contributed by atoms with Gasteiger partial charge in [-0.05, 0) is 24.0 Å². The molecule has 2 heteroatoms. The van der Waals surface area contributed by atoms with E-state index in [-0.39, 0.29) is 0 Å². The summed E-state index contributed by atoms with van der Waals surface area (Å²) < 4.78 is 0. The number of hydrogen-bond acceptors (Lipinski definition) is 1. The summed E-state index contributed by atoms with van der Waals surface area (Å²) in [5.41, 5.74) is 2.56. The first-order chi connectivity index (χ1) is 6.27. The molecule has 2 rings (SSSR count). The SMILES string of the molecule is CC(C)Cc1cncc2cc[nH]c12. The number of nitrogens with zero attached hydrogens (tertiary/aromatic N) is 1. The van der Waals surface area contributed by atoms with Crippen LogP contribution >= 0.6 is 0 Å². The number of hydrogen-bond donors (Lipinski definition) is 1. The van der Waals surface area contributed by atoms with Gasteiger partial charge in [-0.15, -0.1) is 0 Å². The first kappa shape index (κ1) is 8.30. The third kappa shape index (κ3) is 1.57. The largest absolute Gasteiger partial charge is 0.361 e. The minimum Gasteiger partial charge on any atom is -0.361 e. The minimum absolute atomic E-state index is 0.677. The fourth-order valence-corrected chi connectivity index (χ4v) is 1.63. The average Bonchev–Trinajstić information content (AvgIpc) is 2.51. The third-order valence-electron chi connectivity index (χ3n) is 2.17. The quantitative estimate of drug-likeness (QED) is 0.745. The molecule has 0 aromatic carbocycles. The van der Waals surface area contributed by atoms with Crippen LogP contribution < -0.4 is 0 Å². The van der Waals surface area contributed by atoms with Crippen LogP contribution in [0.15, 0.2) is 24.7 Å². The van der Waals surface area contributed by atoms with Crippen molar-refractivity contribution in [3.63, 3.8) is 0 Å². The molecule has 0 spiro atoms. The highest BCUT2D eigenvalue weighted by Crippen LogP contribution is 2.17. The topological polar surface area (TPSA) is 28.7 Å². The molecule has 0 fully saturated rings. The lowest BCUT2D eigenvalue weighted by Crippen LogP contribution is -1.95. The van der Waals surface area contributed by atoms with Gasteiger partial charge in [-0.1, -0.05) is 13.8 Å². The van der Waals surface area contributed by atoms with Gasteiger partial charge in [-0.2, -0.15) is 0 Å². The van der Waals surface area contributed by atoms with E-state index < -0.39 is 0 Å². The maximum atomic E-state index is 4.22. The fraction of sp³-hybridized carbons (Fsp3) is 0.364. The lowest BCUT2D eigenvalue weighted by molar-refractivity contribution is 0.648. The second kappa shape index (κ2) is 3.21. The summed E-state index contributed by atoms with van der Waals surface area (Å²) in [6, 6.07) is 2.06. The van der Waals surface area contributed by atoms with Gasteiger partial charge in [-0.25, -0.2) is 0 Å². The molecule has 0 aliphatic rings. The van der Waals surface area contributed by atoms with Crippen molar-refractivity contribution in [2.75, 3.05) is 0 Å². The van der Waals surface area contributed by atoms with E-state index in [1.54, 1.807) is 0 Å². The zero-order valence-corrected chi connectivity index (χ0v) is 8.04. The Morgan fingerprint density at radius 2 is 2.23 bits per heavy atom. The average molecular weight is 174 g/mol. The molecule has 2 nitrogen and oxygen atoms in total. The molecule has 2 heterocycles. The predicted molar refractivity (Wildman–Crippen MR) is 54.6 cm³/mol. The van der Waals surface area contributed by atoms with Crippen LogP contribution in [0.25, 0.3) is 10.9 Å². The summed E-state index contributed by atoms with van der Waals surface area (Å²) >= 11 is 0. The van der Waals surface area contributed by atoms with Crippen LogP contribution in [0.1, 0.15) is 19.4 Å².